The van der Waals surface area contributed by atoms with Gasteiger partial charge in [-0.25, -0.2) is 4.79 Å². The molecule has 2 N–H and O–H groups in total. The van der Waals surface area contributed by atoms with Crippen LogP contribution in [0.5, 0.6) is 0 Å². The molecule has 1 aromatic carbocycles. The molecule has 1 aliphatic carbocycles. The van der Waals surface area contributed by atoms with Crippen LogP contribution in [0.1, 0.15) is 53.9 Å². The van der Waals surface area contributed by atoms with Gasteiger partial charge in [0.15, 0.2) is 0 Å². The largest absolute Gasteiger partial charge is 0.481 e. The van der Waals surface area contributed by atoms with Gasteiger partial charge in [0.1, 0.15) is 0 Å². The predicted molar refractivity (Wildman–Crippen MR) is 70.4 cm³/mol. The summed E-state index contributed by atoms with van der Waals surface area (Å²) in [5.41, 5.74) is 0.763. The average molecular weight is 262 g/mol. The van der Waals surface area contributed by atoms with Crippen molar-refractivity contribution < 1.29 is 19.8 Å². The van der Waals surface area contributed by atoms with Crippen LogP contribution in [0.3, 0.4) is 0 Å². The molecule has 0 spiro atoms. The first-order chi connectivity index (χ1) is 9.09. The third kappa shape index (κ3) is 3.13. The number of hydrogen-bond donors (Lipinski definition) is 2. The van der Waals surface area contributed by atoms with Crippen molar-refractivity contribution in [2.75, 3.05) is 0 Å². The van der Waals surface area contributed by atoms with Gasteiger partial charge in [0, 0.05) is 0 Å². The molecule has 1 unspecified atom stereocenters. The molecule has 0 heterocycles. The Morgan fingerprint density at radius 1 is 1.11 bits per heavy atom. The molecule has 0 saturated heterocycles. The SMILES string of the molecule is O=C(O)c1cccc(C(C(=O)O)C2CCCCC2)c1. The Morgan fingerprint density at radius 3 is 2.37 bits per heavy atom. The highest BCUT2D eigenvalue weighted by Gasteiger charge is 2.31. The van der Waals surface area contributed by atoms with Gasteiger partial charge in [0.05, 0.1) is 11.5 Å². The van der Waals surface area contributed by atoms with E-state index in [0.717, 1.165) is 32.1 Å². The molecular weight excluding hydrogens is 244 g/mol. The van der Waals surface area contributed by atoms with Gasteiger partial charge in [-0.1, -0.05) is 31.4 Å². The first-order valence-electron chi connectivity index (χ1n) is 6.65. The molecule has 0 bridgehead atoms. The highest BCUT2D eigenvalue weighted by atomic mass is 16.4. The van der Waals surface area contributed by atoms with Gasteiger partial charge in [0.25, 0.3) is 0 Å². The minimum atomic E-state index is -1.02. The number of hydrogen-bond acceptors (Lipinski definition) is 2. The van der Waals surface area contributed by atoms with E-state index in [1.54, 1.807) is 12.1 Å². The summed E-state index contributed by atoms with van der Waals surface area (Å²) in [6.45, 7) is 0. The Labute approximate surface area is 112 Å². The molecule has 102 valence electrons. The molecule has 1 aromatic rings. The normalized spacial score (nSPS) is 17.9. The van der Waals surface area contributed by atoms with Crippen LogP contribution in [0.25, 0.3) is 0 Å². The predicted octanol–water partition coefficient (Wildman–Crippen LogP) is 3.13. The Balaban J connectivity index is 2.30. The lowest BCUT2D eigenvalue weighted by Gasteiger charge is -2.27. The lowest BCUT2D eigenvalue weighted by molar-refractivity contribution is -0.140. The molecule has 19 heavy (non-hydrogen) atoms. The van der Waals surface area contributed by atoms with Crippen molar-refractivity contribution in [1.29, 1.82) is 0 Å². The number of carbonyl (C=O) groups is 2. The highest BCUT2D eigenvalue weighted by Crippen LogP contribution is 2.36. The summed E-state index contributed by atoms with van der Waals surface area (Å²) in [4.78, 5) is 22.5. The number of carboxylic acids is 2. The van der Waals surface area contributed by atoms with E-state index in [4.69, 9.17) is 5.11 Å². The van der Waals surface area contributed by atoms with Crippen molar-refractivity contribution in [2.24, 2.45) is 5.92 Å². The van der Waals surface area contributed by atoms with E-state index in [-0.39, 0.29) is 11.5 Å². The zero-order valence-corrected chi connectivity index (χ0v) is 10.7. The maximum absolute atomic E-state index is 11.5. The fourth-order valence-electron chi connectivity index (χ4n) is 2.95. The van der Waals surface area contributed by atoms with E-state index < -0.39 is 17.9 Å². The minimum Gasteiger partial charge on any atom is -0.481 e. The smallest absolute Gasteiger partial charge is 0.335 e. The van der Waals surface area contributed by atoms with E-state index >= 15 is 0 Å². The molecule has 0 aliphatic heterocycles. The van der Waals surface area contributed by atoms with E-state index in [1.807, 2.05) is 0 Å². The van der Waals surface area contributed by atoms with Gasteiger partial charge >= 0.3 is 11.9 Å². The van der Waals surface area contributed by atoms with Crippen molar-refractivity contribution in [3.63, 3.8) is 0 Å². The summed E-state index contributed by atoms with van der Waals surface area (Å²) in [5, 5.41) is 18.5. The summed E-state index contributed by atoms with van der Waals surface area (Å²) in [7, 11) is 0. The summed E-state index contributed by atoms with van der Waals surface area (Å²) in [5.74, 6) is -2.33. The van der Waals surface area contributed by atoms with Crippen LogP contribution in [0.2, 0.25) is 0 Å². The lowest BCUT2D eigenvalue weighted by Crippen LogP contribution is -2.23. The second-order valence-corrected chi connectivity index (χ2v) is 5.14. The van der Waals surface area contributed by atoms with Gasteiger partial charge in [0.2, 0.25) is 0 Å². The van der Waals surface area contributed by atoms with Crippen LogP contribution in [0.15, 0.2) is 24.3 Å². The van der Waals surface area contributed by atoms with Crippen LogP contribution in [0.4, 0.5) is 0 Å². The summed E-state index contributed by atoms with van der Waals surface area (Å²) >= 11 is 0. The molecular formula is C15H18O4. The van der Waals surface area contributed by atoms with Crippen molar-refractivity contribution in [3.8, 4) is 0 Å². The van der Waals surface area contributed by atoms with Crippen LogP contribution >= 0.6 is 0 Å². The topological polar surface area (TPSA) is 74.6 Å². The summed E-state index contributed by atoms with van der Waals surface area (Å²) in [6, 6.07) is 6.33. The van der Waals surface area contributed by atoms with E-state index in [0.29, 0.717) is 5.56 Å². The number of carboxylic acid groups (broad SMARTS) is 2. The maximum atomic E-state index is 11.5. The Kier molecular flexibility index (Phi) is 4.20. The number of aliphatic carboxylic acids is 1. The second kappa shape index (κ2) is 5.87. The molecule has 1 atom stereocenters. The van der Waals surface area contributed by atoms with E-state index in [9.17, 15) is 14.7 Å². The number of benzene rings is 1. The quantitative estimate of drug-likeness (QED) is 0.874. The maximum Gasteiger partial charge on any atom is 0.335 e. The van der Waals surface area contributed by atoms with E-state index in [1.165, 1.54) is 12.1 Å². The van der Waals surface area contributed by atoms with Crippen molar-refractivity contribution in [2.45, 2.75) is 38.0 Å². The molecule has 0 aromatic heterocycles. The van der Waals surface area contributed by atoms with Gasteiger partial charge in [-0.3, -0.25) is 4.79 Å². The van der Waals surface area contributed by atoms with Gasteiger partial charge in [-0.2, -0.15) is 0 Å². The zero-order chi connectivity index (χ0) is 13.8. The summed E-state index contributed by atoms with van der Waals surface area (Å²) < 4.78 is 0. The van der Waals surface area contributed by atoms with E-state index in [2.05, 4.69) is 0 Å². The Bertz CT molecular complexity index is 475. The average Bonchev–Trinajstić information content (AvgIpc) is 2.40. The van der Waals surface area contributed by atoms with Crippen LogP contribution in [-0.2, 0) is 4.79 Å². The van der Waals surface area contributed by atoms with Gasteiger partial charge in [-0.05, 0) is 36.5 Å². The van der Waals surface area contributed by atoms with Crippen molar-refractivity contribution >= 4 is 11.9 Å². The molecule has 0 radical (unpaired) electrons. The first kappa shape index (κ1) is 13.6. The monoisotopic (exact) mass is 262 g/mol. The minimum absolute atomic E-state index is 0.121. The molecule has 4 heteroatoms. The van der Waals surface area contributed by atoms with Crippen LogP contribution < -0.4 is 0 Å². The highest BCUT2D eigenvalue weighted by molar-refractivity contribution is 5.88. The lowest BCUT2D eigenvalue weighted by atomic mass is 9.76. The van der Waals surface area contributed by atoms with Crippen LogP contribution in [0, 0.1) is 5.92 Å². The van der Waals surface area contributed by atoms with Gasteiger partial charge < -0.3 is 10.2 Å². The first-order valence-corrected chi connectivity index (χ1v) is 6.65. The molecule has 2 rings (SSSR count). The Hall–Kier alpha value is -1.84. The number of aromatic carboxylic acids is 1. The third-order valence-corrected chi connectivity index (χ3v) is 3.88. The van der Waals surface area contributed by atoms with Crippen molar-refractivity contribution in [1.82, 2.24) is 0 Å². The van der Waals surface area contributed by atoms with Crippen molar-refractivity contribution in [3.05, 3.63) is 35.4 Å². The molecule has 4 nitrogen and oxygen atoms in total. The third-order valence-electron chi connectivity index (χ3n) is 3.88. The standard InChI is InChI=1S/C15H18O4/c16-14(17)12-8-4-7-11(9-12)13(15(18)19)10-5-2-1-3-6-10/h4,7-10,13H,1-3,5-6H2,(H,16,17)(H,18,19). The summed E-state index contributed by atoms with van der Waals surface area (Å²) in [6.07, 6.45) is 5.11. The Morgan fingerprint density at radius 2 is 1.79 bits per heavy atom. The number of rotatable bonds is 4. The fourth-order valence-corrected chi connectivity index (χ4v) is 2.95. The zero-order valence-electron chi connectivity index (χ0n) is 10.7. The molecule has 0 amide bonds. The second-order valence-electron chi connectivity index (χ2n) is 5.14. The fraction of sp³-hybridized carbons (Fsp3) is 0.467. The molecule has 1 fully saturated rings. The van der Waals surface area contributed by atoms with Crippen LogP contribution in [-0.4, -0.2) is 22.2 Å². The van der Waals surface area contributed by atoms with Gasteiger partial charge in [-0.15, -0.1) is 0 Å². The molecule has 1 saturated carbocycles. The molecule has 1 aliphatic rings.